The summed E-state index contributed by atoms with van der Waals surface area (Å²) in [4.78, 5) is 26.5. The van der Waals surface area contributed by atoms with Crippen LogP contribution in [0.5, 0.6) is 0 Å². The molecular weight excluding hydrogens is 346 g/mol. The van der Waals surface area contributed by atoms with Gasteiger partial charge in [0.05, 0.1) is 6.33 Å². The highest BCUT2D eigenvalue weighted by molar-refractivity contribution is 5.73. The number of carboxylic acids is 2. The van der Waals surface area contributed by atoms with Gasteiger partial charge in [-0.25, -0.2) is 4.98 Å². The van der Waals surface area contributed by atoms with Gasteiger partial charge in [0, 0.05) is 31.3 Å². The molecule has 7 nitrogen and oxygen atoms in total. The fraction of sp³-hybridized carbons (Fsp3) is 0.450. The number of aromatic nitrogens is 2. The number of aliphatic carboxylic acids is 2. The molecule has 0 aliphatic rings. The second kappa shape index (κ2) is 9.87. The molecule has 0 aliphatic carbocycles. The Balaban J connectivity index is 1.97. The zero-order valence-corrected chi connectivity index (χ0v) is 15.8. The number of rotatable bonds is 11. The monoisotopic (exact) mass is 373 g/mol. The van der Waals surface area contributed by atoms with Crippen LogP contribution in [0.3, 0.4) is 0 Å². The molecule has 27 heavy (non-hydrogen) atoms. The Morgan fingerprint density at radius 1 is 1.30 bits per heavy atom. The van der Waals surface area contributed by atoms with E-state index in [0.717, 1.165) is 11.3 Å². The highest BCUT2D eigenvalue weighted by Crippen LogP contribution is 2.11. The molecule has 146 valence electrons. The summed E-state index contributed by atoms with van der Waals surface area (Å²) in [6.45, 7) is 5.04. The number of nitrogens with one attached hydrogen (secondary N) is 1. The third-order valence-electron chi connectivity index (χ3n) is 4.51. The summed E-state index contributed by atoms with van der Waals surface area (Å²) >= 11 is 0. The van der Waals surface area contributed by atoms with Gasteiger partial charge >= 0.3 is 11.9 Å². The molecule has 7 heteroatoms. The molecule has 2 unspecified atom stereocenters. The van der Waals surface area contributed by atoms with Crippen molar-refractivity contribution in [2.45, 2.75) is 45.7 Å². The molecule has 1 heterocycles. The summed E-state index contributed by atoms with van der Waals surface area (Å²) in [5.41, 5.74) is 3.15. The zero-order chi connectivity index (χ0) is 19.8. The van der Waals surface area contributed by atoms with E-state index in [4.69, 9.17) is 5.11 Å². The molecule has 0 saturated heterocycles. The lowest BCUT2D eigenvalue weighted by Crippen LogP contribution is -2.41. The van der Waals surface area contributed by atoms with E-state index in [1.54, 1.807) is 12.5 Å². The molecule has 0 saturated carbocycles. The van der Waals surface area contributed by atoms with Crippen LogP contribution in [0.25, 0.3) is 0 Å². The molecule has 2 rings (SSSR count). The summed E-state index contributed by atoms with van der Waals surface area (Å²) in [5.74, 6) is -1.68. The van der Waals surface area contributed by atoms with Crippen LogP contribution in [-0.4, -0.2) is 44.3 Å². The first kappa shape index (κ1) is 20.6. The van der Waals surface area contributed by atoms with Crippen LogP contribution in [-0.2, 0) is 22.6 Å². The smallest absolute Gasteiger partial charge is 0.321 e. The number of hydrogen-bond donors (Lipinski definition) is 3. The topological polar surface area (TPSA) is 104 Å². The molecule has 0 spiro atoms. The Morgan fingerprint density at radius 3 is 2.74 bits per heavy atom. The van der Waals surface area contributed by atoms with Crippen LogP contribution in [0.4, 0.5) is 0 Å². The molecule has 0 amide bonds. The van der Waals surface area contributed by atoms with Gasteiger partial charge in [0.1, 0.15) is 6.04 Å². The van der Waals surface area contributed by atoms with Crippen molar-refractivity contribution in [1.82, 2.24) is 14.9 Å². The van der Waals surface area contributed by atoms with Gasteiger partial charge in [-0.2, -0.15) is 0 Å². The average Bonchev–Trinajstić information content (AvgIpc) is 3.03. The maximum absolute atomic E-state index is 11.6. The second-order valence-corrected chi connectivity index (χ2v) is 7.04. The van der Waals surface area contributed by atoms with Gasteiger partial charge in [0.15, 0.2) is 0 Å². The van der Waals surface area contributed by atoms with Gasteiger partial charge in [-0.1, -0.05) is 36.8 Å². The Kier molecular flexibility index (Phi) is 7.55. The van der Waals surface area contributed by atoms with E-state index in [2.05, 4.69) is 16.4 Å². The number of carboxylic acid groups (broad SMARTS) is 2. The molecule has 1 aromatic heterocycles. The van der Waals surface area contributed by atoms with Gasteiger partial charge in [-0.15, -0.1) is 0 Å². The molecule has 0 aliphatic heterocycles. The number of carbonyl (C=O) groups is 2. The van der Waals surface area contributed by atoms with Crippen molar-refractivity contribution in [2.24, 2.45) is 5.92 Å². The van der Waals surface area contributed by atoms with Crippen LogP contribution in [0.1, 0.15) is 36.6 Å². The molecule has 0 radical (unpaired) electrons. The maximum Gasteiger partial charge on any atom is 0.321 e. The highest BCUT2D eigenvalue weighted by atomic mass is 16.4. The van der Waals surface area contributed by atoms with Crippen LogP contribution in [0.2, 0.25) is 0 Å². The summed E-state index contributed by atoms with van der Waals surface area (Å²) in [6, 6.07) is 7.43. The lowest BCUT2D eigenvalue weighted by molar-refractivity contribution is -0.140. The molecular formula is C20H27N3O4. The first-order valence-corrected chi connectivity index (χ1v) is 9.07. The van der Waals surface area contributed by atoms with Gasteiger partial charge in [0.2, 0.25) is 0 Å². The zero-order valence-electron chi connectivity index (χ0n) is 15.8. The minimum absolute atomic E-state index is 0.0835. The number of hydrogen-bond acceptors (Lipinski definition) is 4. The van der Waals surface area contributed by atoms with Crippen molar-refractivity contribution in [3.63, 3.8) is 0 Å². The van der Waals surface area contributed by atoms with Crippen molar-refractivity contribution < 1.29 is 19.8 Å². The van der Waals surface area contributed by atoms with Gasteiger partial charge in [0.25, 0.3) is 0 Å². The van der Waals surface area contributed by atoms with Crippen molar-refractivity contribution in [2.75, 3.05) is 6.54 Å². The first-order chi connectivity index (χ1) is 12.8. The maximum atomic E-state index is 11.6. The Hall–Kier alpha value is -2.67. The lowest BCUT2D eigenvalue weighted by Gasteiger charge is -2.18. The van der Waals surface area contributed by atoms with E-state index in [9.17, 15) is 14.7 Å². The van der Waals surface area contributed by atoms with E-state index in [1.807, 2.05) is 36.6 Å². The van der Waals surface area contributed by atoms with Gasteiger partial charge in [-0.3, -0.25) is 9.59 Å². The normalized spacial score (nSPS) is 13.3. The third-order valence-corrected chi connectivity index (χ3v) is 4.51. The number of aryl methyl sites for hydroxylation is 1. The van der Waals surface area contributed by atoms with Crippen LogP contribution in [0, 0.1) is 12.8 Å². The molecule has 2 aromatic rings. The molecule has 1 aromatic carbocycles. The van der Waals surface area contributed by atoms with Crippen molar-refractivity contribution in [3.8, 4) is 0 Å². The standard InChI is InChI=1S/C20H27N3O4/c1-14-4-3-5-16(8-14)12-23-13-21-11-17(23)9-18(20(26)27)22-10-15(2)6-7-19(24)25/h3-5,8,11,13,15,18,22H,6-7,9-10,12H2,1-2H3,(H,24,25)(H,26,27). The Morgan fingerprint density at radius 2 is 2.07 bits per heavy atom. The lowest BCUT2D eigenvalue weighted by atomic mass is 10.0. The predicted octanol–water partition coefficient (Wildman–Crippen LogP) is 2.33. The fourth-order valence-electron chi connectivity index (χ4n) is 2.94. The molecule has 0 fully saturated rings. The summed E-state index contributed by atoms with van der Waals surface area (Å²) in [5, 5.41) is 21.3. The summed E-state index contributed by atoms with van der Waals surface area (Å²) in [6.07, 6.45) is 4.32. The highest BCUT2D eigenvalue weighted by Gasteiger charge is 2.20. The molecule has 0 bridgehead atoms. The largest absolute Gasteiger partial charge is 0.481 e. The minimum Gasteiger partial charge on any atom is -0.481 e. The van der Waals surface area contributed by atoms with E-state index in [0.29, 0.717) is 25.9 Å². The second-order valence-electron chi connectivity index (χ2n) is 7.04. The number of imidazole rings is 1. The number of nitrogens with zero attached hydrogens (tertiary/aromatic N) is 2. The molecule has 2 atom stereocenters. The minimum atomic E-state index is -0.927. The Bertz CT molecular complexity index is 772. The van der Waals surface area contributed by atoms with Crippen molar-refractivity contribution in [3.05, 3.63) is 53.6 Å². The van der Waals surface area contributed by atoms with E-state index in [1.165, 1.54) is 5.56 Å². The third kappa shape index (κ3) is 6.86. The summed E-state index contributed by atoms with van der Waals surface area (Å²) < 4.78 is 1.96. The molecule has 3 N–H and O–H groups in total. The van der Waals surface area contributed by atoms with Gasteiger partial charge in [-0.05, 0) is 31.4 Å². The fourth-order valence-corrected chi connectivity index (χ4v) is 2.94. The Labute approximate surface area is 159 Å². The average molecular weight is 373 g/mol. The SMILES string of the molecule is Cc1cccc(Cn2cncc2CC(NCC(C)CCC(=O)O)C(=O)O)c1. The van der Waals surface area contributed by atoms with Crippen molar-refractivity contribution in [1.29, 1.82) is 0 Å². The van der Waals surface area contributed by atoms with E-state index in [-0.39, 0.29) is 12.3 Å². The van der Waals surface area contributed by atoms with Crippen molar-refractivity contribution >= 4 is 11.9 Å². The quantitative estimate of drug-likeness (QED) is 0.558. The van der Waals surface area contributed by atoms with Crippen LogP contribution in [0.15, 0.2) is 36.8 Å². The van der Waals surface area contributed by atoms with Gasteiger partial charge < -0.3 is 20.1 Å². The number of benzene rings is 1. The van der Waals surface area contributed by atoms with E-state index >= 15 is 0 Å². The van der Waals surface area contributed by atoms with E-state index < -0.39 is 18.0 Å². The van der Waals surface area contributed by atoms with Crippen LogP contribution < -0.4 is 5.32 Å². The van der Waals surface area contributed by atoms with Crippen LogP contribution >= 0.6 is 0 Å². The predicted molar refractivity (Wildman–Crippen MR) is 102 cm³/mol. The summed E-state index contributed by atoms with van der Waals surface area (Å²) in [7, 11) is 0. The first-order valence-electron chi connectivity index (χ1n) is 9.07.